The molecule has 3 aromatic carbocycles. The van der Waals surface area contributed by atoms with Crippen LogP contribution >= 0.6 is 0 Å². The smallest absolute Gasteiger partial charge is 0.224 e. The van der Waals surface area contributed by atoms with Gasteiger partial charge in [0.25, 0.3) is 0 Å². The number of rotatable bonds is 14. The van der Waals surface area contributed by atoms with Crippen LogP contribution in [0.25, 0.3) is 10.9 Å². The molecule has 0 bridgehead atoms. The average molecular weight is 612 g/mol. The molecule has 45 heavy (non-hydrogen) atoms. The van der Waals surface area contributed by atoms with Crippen molar-refractivity contribution < 1.29 is 23.7 Å². The summed E-state index contributed by atoms with van der Waals surface area (Å²) in [6.45, 7) is 4.19. The number of nitrogens with one attached hydrogen (secondary N) is 1. The fraction of sp³-hybridized carbons (Fsp3) is 0.389. The van der Waals surface area contributed by atoms with Crippen LogP contribution in [0, 0.1) is 0 Å². The number of carbonyl (C=O) groups excluding carboxylic acids is 1. The van der Waals surface area contributed by atoms with Crippen LogP contribution in [0.3, 0.4) is 0 Å². The minimum Gasteiger partial charge on any atom is -0.497 e. The molecule has 1 amide bonds. The van der Waals surface area contributed by atoms with Crippen molar-refractivity contribution in [2.24, 2.45) is 0 Å². The highest BCUT2D eigenvalue weighted by molar-refractivity contribution is 5.86. The maximum atomic E-state index is 13.9. The molecule has 2 aliphatic rings. The number of carbonyl (C=O) groups is 1. The summed E-state index contributed by atoms with van der Waals surface area (Å²) >= 11 is 0. The Labute approximate surface area is 263 Å². The Morgan fingerprint density at radius 1 is 0.844 bits per heavy atom. The lowest BCUT2D eigenvalue weighted by atomic mass is 10.1. The topological polar surface area (TPSA) is 91.3 Å². The van der Waals surface area contributed by atoms with Gasteiger partial charge in [-0.05, 0) is 80.2 Å². The summed E-state index contributed by atoms with van der Waals surface area (Å²) in [5.74, 6) is 2.42. The number of amides is 1. The van der Waals surface area contributed by atoms with Crippen molar-refractivity contribution in [2.45, 2.75) is 51.4 Å². The van der Waals surface area contributed by atoms with E-state index in [4.69, 9.17) is 18.9 Å². The summed E-state index contributed by atoms with van der Waals surface area (Å²) in [6.07, 6.45) is 6.39. The molecule has 2 fully saturated rings. The molecule has 9 nitrogen and oxygen atoms in total. The number of pyridine rings is 1. The molecular formula is C36H41N3O6. The predicted octanol–water partition coefficient (Wildman–Crippen LogP) is 5.27. The quantitative estimate of drug-likeness (QED) is 0.208. The van der Waals surface area contributed by atoms with Crippen molar-refractivity contribution in [1.29, 1.82) is 0 Å². The van der Waals surface area contributed by atoms with E-state index < -0.39 is 0 Å². The number of ether oxygens (including phenoxy) is 4. The Morgan fingerprint density at radius 3 is 1.98 bits per heavy atom. The number of fused-ring (bicyclic) bond motifs is 1. The Morgan fingerprint density at radius 2 is 1.42 bits per heavy atom. The first-order chi connectivity index (χ1) is 22.0. The van der Waals surface area contributed by atoms with Crippen LogP contribution in [0.2, 0.25) is 0 Å². The third kappa shape index (κ3) is 7.60. The number of aromatic nitrogens is 1. The summed E-state index contributed by atoms with van der Waals surface area (Å²) in [7, 11) is 3.27. The number of likely N-dealkylation sites (tertiary alicyclic amines) is 1. The summed E-state index contributed by atoms with van der Waals surface area (Å²) in [6, 6.07) is 19.3. The summed E-state index contributed by atoms with van der Waals surface area (Å²) in [5.41, 5.74) is 3.03. The zero-order chi connectivity index (χ0) is 31.2. The molecule has 236 valence electrons. The molecule has 9 heteroatoms. The molecule has 2 heterocycles. The Hall–Kier alpha value is -4.50. The average Bonchev–Trinajstić information content (AvgIpc) is 3.79. The van der Waals surface area contributed by atoms with Gasteiger partial charge in [-0.15, -0.1) is 0 Å². The third-order valence-corrected chi connectivity index (χ3v) is 8.52. The molecule has 1 saturated heterocycles. The molecule has 0 radical (unpaired) electrons. The minimum atomic E-state index is -0.160. The van der Waals surface area contributed by atoms with Gasteiger partial charge < -0.3 is 33.7 Å². The van der Waals surface area contributed by atoms with Crippen molar-refractivity contribution in [3.8, 4) is 23.0 Å². The maximum Gasteiger partial charge on any atom is 0.224 e. The summed E-state index contributed by atoms with van der Waals surface area (Å²) in [4.78, 5) is 29.1. The number of hydrogen-bond donors (Lipinski definition) is 1. The minimum absolute atomic E-state index is 0.0409. The molecule has 0 unspecified atom stereocenters. The van der Waals surface area contributed by atoms with E-state index >= 15 is 0 Å². The van der Waals surface area contributed by atoms with Gasteiger partial charge in [-0.2, -0.15) is 0 Å². The second-order valence-electron chi connectivity index (χ2n) is 11.8. The molecule has 4 aromatic rings. The van der Waals surface area contributed by atoms with Crippen LogP contribution in [0.15, 0.2) is 71.7 Å². The molecule has 1 N–H and O–H groups in total. The highest BCUT2D eigenvalue weighted by Crippen LogP contribution is 2.40. The first kappa shape index (κ1) is 30.5. The van der Waals surface area contributed by atoms with Crippen molar-refractivity contribution >= 4 is 16.8 Å². The van der Waals surface area contributed by atoms with E-state index in [1.54, 1.807) is 20.3 Å². The molecule has 1 saturated carbocycles. The van der Waals surface area contributed by atoms with E-state index in [0.29, 0.717) is 35.6 Å². The van der Waals surface area contributed by atoms with Gasteiger partial charge in [-0.25, -0.2) is 0 Å². The van der Waals surface area contributed by atoms with Crippen LogP contribution in [0.1, 0.15) is 48.4 Å². The van der Waals surface area contributed by atoms with Crippen LogP contribution in [-0.2, 0) is 24.4 Å². The second kappa shape index (κ2) is 14.1. The molecule has 1 aliphatic heterocycles. The Balaban J connectivity index is 1.28. The predicted molar refractivity (Wildman–Crippen MR) is 174 cm³/mol. The molecule has 6 rings (SSSR count). The summed E-state index contributed by atoms with van der Waals surface area (Å²) < 4.78 is 25.3. The zero-order valence-corrected chi connectivity index (χ0v) is 26.1. The first-order valence-electron chi connectivity index (χ1n) is 15.7. The number of benzene rings is 3. The van der Waals surface area contributed by atoms with E-state index in [9.17, 15) is 9.59 Å². The van der Waals surface area contributed by atoms with Crippen molar-refractivity contribution in [2.75, 3.05) is 40.4 Å². The molecule has 0 atom stereocenters. The highest BCUT2D eigenvalue weighted by Gasteiger charge is 2.27. The van der Waals surface area contributed by atoms with Crippen LogP contribution in [0.5, 0.6) is 23.0 Å². The van der Waals surface area contributed by atoms with Gasteiger partial charge in [-0.3, -0.25) is 9.59 Å². The Bertz CT molecular complexity index is 1670. The van der Waals surface area contributed by atoms with Crippen LogP contribution < -0.4 is 29.7 Å². The zero-order valence-electron chi connectivity index (χ0n) is 26.1. The van der Waals surface area contributed by atoms with Gasteiger partial charge in [0, 0.05) is 42.3 Å². The third-order valence-electron chi connectivity index (χ3n) is 8.52. The molecule has 1 aromatic heterocycles. The van der Waals surface area contributed by atoms with Gasteiger partial charge in [0.15, 0.2) is 16.9 Å². The largest absolute Gasteiger partial charge is 0.497 e. The first-order valence-corrected chi connectivity index (χ1v) is 15.7. The van der Waals surface area contributed by atoms with Gasteiger partial charge in [0.05, 0.1) is 26.2 Å². The second-order valence-corrected chi connectivity index (χ2v) is 11.8. The molecular weight excluding hydrogens is 570 g/mol. The van der Waals surface area contributed by atoms with E-state index in [-0.39, 0.29) is 30.4 Å². The van der Waals surface area contributed by atoms with E-state index in [1.807, 2.05) is 60.8 Å². The van der Waals surface area contributed by atoms with Crippen molar-refractivity contribution in [3.63, 3.8) is 0 Å². The van der Waals surface area contributed by atoms with Crippen LogP contribution in [0.4, 0.5) is 0 Å². The number of hydrogen-bond acceptors (Lipinski definition) is 7. The van der Waals surface area contributed by atoms with Gasteiger partial charge in [0.2, 0.25) is 5.91 Å². The normalized spacial score (nSPS) is 14.8. The summed E-state index contributed by atoms with van der Waals surface area (Å²) in [5, 5.41) is 3.53. The maximum absolute atomic E-state index is 13.9. The van der Waals surface area contributed by atoms with Gasteiger partial charge in [0.1, 0.15) is 24.7 Å². The standard InChI is InChI=1S/C36H41N3O6/c1-42-29-11-5-25(6-12-29)23-44-33-20-31-32(21-34(33)45-24-26-7-13-30(43-2)14-8-26)39(28-9-10-28)22-27(36(31)41)19-35(40)37-15-18-38-16-3-4-17-38/h5-8,11-14,20-22,28H,3-4,9-10,15-19,23-24H2,1-2H3,(H,37,40). The molecule has 1 aliphatic carbocycles. The number of nitrogens with zero attached hydrogens (tertiary/aromatic N) is 2. The lowest BCUT2D eigenvalue weighted by Gasteiger charge is -2.18. The van der Waals surface area contributed by atoms with E-state index in [0.717, 1.165) is 60.6 Å². The fourth-order valence-corrected chi connectivity index (χ4v) is 5.78. The highest BCUT2D eigenvalue weighted by atomic mass is 16.5. The van der Waals surface area contributed by atoms with Gasteiger partial charge in [-0.1, -0.05) is 24.3 Å². The van der Waals surface area contributed by atoms with Crippen molar-refractivity contribution in [3.05, 3.63) is 93.8 Å². The number of methoxy groups -OCH3 is 2. The monoisotopic (exact) mass is 611 g/mol. The SMILES string of the molecule is COc1ccc(COc2cc3c(=O)c(CC(=O)NCCN4CCCC4)cn(C4CC4)c3cc2OCc2ccc(OC)cc2)cc1. The molecule has 0 spiro atoms. The lowest BCUT2D eigenvalue weighted by molar-refractivity contribution is -0.120. The van der Waals surface area contributed by atoms with Crippen molar-refractivity contribution in [1.82, 2.24) is 14.8 Å². The van der Waals surface area contributed by atoms with Crippen LogP contribution in [-0.4, -0.2) is 55.8 Å². The van der Waals surface area contributed by atoms with E-state index in [2.05, 4.69) is 14.8 Å². The van der Waals surface area contributed by atoms with E-state index in [1.165, 1.54) is 12.8 Å². The Kier molecular flexibility index (Phi) is 9.55. The fourth-order valence-electron chi connectivity index (χ4n) is 5.78. The lowest BCUT2D eigenvalue weighted by Crippen LogP contribution is -2.35. The van der Waals surface area contributed by atoms with Gasteiger partial charge >= 0.3 is 0 Å².